The molecule has 0 N–H and O–H groups in total. The van der Waals surface area contributed by atoms with Gasteiger partial charge in [-0.1, -0.05) is 71.7 Å². The van der Waals surface area contributed by atoms with Gasteiger partial charge in [0.1, 0.15) is 17.4 Å². The molecule has 4 rings (SSSR count). The Morgan fingerprint density at radius 3 is 2.25 bits per heavy atom. The van der Waals surface area contributed by atoms with E-state index < -0.39 is 23.8 Å². The Morgan fingerprint density at radius 1 is 0.900 bits per heavy atom. The maximum absolute atomic E-state index is 12.9. The number of benzene rings is 3. The summed E-state index contributed by atoms with van der Waals surface area (Å²) >= 11 is 14.3. The molecule has 1 atom stereocenters. The number of carbonyl (C=O) groups is 2. The lowest BCUT2D eigenvalue weighted by atomic mass is 10.1. The van der Waals surface area contributed by atoms with E-state index in [0.717, 1.165) is 17.7 Å². The smallest absolute Gasteiger partial charge is 0.416 e. The number of alkyl halides is 3. The fourth-order valence-corrected chi connectivity index (χ4v) is 5.36. The summed E-state index contributed by atoms with van der Waals surface area (Å²) in [4.78, 5) is 25.4. The number of rotatable bonds is 10. The molecular formula is C30H23Cl2F3O4S. The van der Waals surface area contributed by atoms with Crippen molar-refractivity contribution in [2.75, 3.05) is 6.61 Å². The van der Waals surface area contributed by atoms with E-state index in [2.05, 4.69) is 0 Å². The minimum Gasteiger partial charge on any atom is -0.481 e. The van der Waals surface area contributed by atoms with Crippen molar-refractivity contribution in [3.63, 3.8) is 0 Å². The largest absolute Gasteiger partial charge is 0.481 e. The van der Waals surface area contributed by atoms with Crippen LogP contribution in [0.5, 0.6) is 5.75 Å². The minimum atomic E-state index is -4.41. The molecule has 0 fully saturated rings. The molecule has 0 radical (unpaired) electrons. The van der Waals surface area contributed by atoms with Crippen molar-refractivity contribution in [1.82, 2.24) is 0 Å². The van der Waals surface area contributed by atoms with Gasteiger partial charge in [-0.25, -0.2) is 0 Å². The second kappa shape index (κ2) is 12.9. The summed E-state index contributed by atoms with van der Waals surface area (Å²) in [5, 5.41) is 0.430. The summed E-state index contributed by atoms with van der Waals surface area (Å²) in [7, 11) is 0. The van der Waals surface area contributed by atoms with Gasteiger partial charge in [0.25, 0.3) is 0 Å². The molecule has 0 saturated carbocycles. The maximum atomic E-state index is 12.9. The second-order valence-electron chi connectivity index (χ2n) is 8.83. The molecule has 208 valence electrons. The number of ketones is 1. The SMILES string of the molecule is CC(=O)OCC(Oc1ccc(CCC(=O)c2ccc(-c3ccc(C(F)(F)F)cc3)s2)c(Cl)c1Cl)c1ccccc1. The lowest BCUT2D eigenvalue weighted by molar-refractivity contribution is -0.143. The summed E-state index contributed by atoms with van der Waals surface area (Å²) in [6.45, 7) is 1.30. The second-order valence-corrected chi connectivity index (χ2v) is 10.7. The fourth-order valence-electron chi connectivity index (χ4n) is 3.91. The average molecular weight is 607 g/mol. The Kier molecular flexibility index (Phi) is 9.56. The summed E-state index contributed by atoms with van der Waals surface area (Å²) in [5.41, 5.74) is 1.32. The molecule has 3 aromatic carbocycles. The zero-order valence-electron chi connectivity index (χ0n) is 21.1. The Morgan fingerprint density at radius 2 is 1.60 bits per heavy atom. The van der Waals surface area contributed by atoms with Gasteiger partial charge in [-0.2, -0.15) is 13.2 Å². The van der Waals surface area contributed by atoms with E-state index in [4.69, 9.17) is 32.7 Å². The predicted octanol–water partition coefficient (Wildman–Crippen LogP) is 9.24. The first-order valence-corrected chi connectivity index (χ1v) is 13.7. The Hall–Kier alpha value is -3.33. The van der Waals surface area contributed by atoms with Crippen LogP contribution in [0.2, 0.25) is 10.0 Å². The fraction of sp³-hybridized carbons (Fsp3) is 0.200. The lowest BCUT2D eigenvalue weighted by Gasteiger charge is -2.21. The Labute approximate surface area is 243 Å². The van der Waals surface area contributed by atoms with Crippen molar-refractivity contribution in [3.05, 3.63) is 110 Å². The molecule has 1 aromatic heterocycles. The third-order valence-corrected chi connectivity index (χ3v) is 8.08. The Balaban J connectivity index is 1.42. The molecule has 0 bridgehead atoms. The van der Waals surface area contributed by atoms with Gasteiger partial charge >= 0.3 is 12.1 Å². The third-order valence-electron chi connectivity index (χ3n) is 6.00. The van der Waals surface area contributed by atoms with Gasteiger partial charge in [0.15, 0.2) is 11.9 Å². The molecule has 0 saturated heterocycles. The number of hydrogen-bond donors (Lipinski definition) is 0. The number of thiophene rings is 1. The predicted molar refractivity (Wildman–Crippen MR) is 150 cm³/mol. The molecule has 0 amide bonds. The molecule has 0 aliphatic rings. The topological polar surface area (TPSA) is 52.6 Å². The molecule has 4 nitrogen and oxygen atoms in total. The number of carbonyl (C=O) groups excluding carboxylic acids is 2. The maximum Gasteiger partial charge on any atom is 0.416 e. The van der Waals surface area contributed by atoms with E-state index in [9.17, 15) is 22.8 Å². The zero-order chi connectivity index (χ0) is 28.9. The number of hydrogen-bond acceptors (Lipinski definition) is 5. The van der Waals surface area contributed by atoms with Crippen LogP contribution in [0.4, 0.5) is 13.2 Å². The van der Waals surface area contributed by atoms with Gasteiger partial charge in [-0.3, -0.25) is 9.59 Å². The van der Waals surface area contributed by atoms with E-state index in [1.54, 1.807) is 24.3 Å². The summed E-state index contributed by atoms with van der Waals surface area (Å²) in [5.74, 6) is -0.255. The molecule has 4 aromatic rings. The number of Topliss-reactive ketones (excluding diaryl/α,β-unsaturated/α-hetero) is 1. The van der Waals surface area contributed by atoms with Crippen LogP contribution in [0.25, 0.3) is 10.4 Å². The van der Waals surface area contributed by atoms with E-state index >= 15 is 0 Å². The number of aryl methyl sites for hydroxylation is 1. The van der Waals surface area contributed by atoms with Gasteiger partial charge < -0.3 is 9.47 Å². The van der Waals surface area contributed by atoms with Crippen LogP contribution in [0.3, 0.4) is 0 Å². The third kappa shape index (κ3) is 7.44. The lowest BCUT2D eigenvalue weighted by Crippen LogP contribution is -2.17. The molecule has 10 heteroatoms. The minimum absolute atomic E-state index is 0.0151. The quantitative estimate of drug-likeness (QED) is 0.133. The highest BCUT2D eigenvalue weighted by Crippen LogP contribution is 2.38. The summed E-state index contributed by atoms with van der Waals surface area (Å²) < 4.78 is 49.7. The van der Waals surface area contributed by atoms with Crippen LogP contribution < -0.4 is 4.74 Å². The van der Waals surface area contributed by atoms with E-state index in [1.807, 2.05) is 30.3 Å². The first-order chi connectivity index (χ1) is 19.0. The zero-order valence-corrected chi connectivity index (χ0v) is 23.5. The van der Waals surface area contributed by atoms with E-state index in [0.29, 0.717) is 33.1 Å². The summed E-state index contributed by atoms with van der Waals surface area (Å²) in [6, 6.07) is 20.8. The van der Waals surface area contributed by atoms with Crippen LogP contribution in [0.15, 0.2) is 78.9 Å². The van der Waals surface area contributed by atoms with Crippen LogP contribution in [-0.4, -0.2) is 18.4 Å². The van der Waals surface area contributed by atoms with Crippen LogP contribution in [-0.2, 0) is 22.1 Å². The number of ether oxygens (including phenoxy) is 2. The highest BCUT2D eigenvalue weighted by Gasteiger charge is 2.30. The normalized spacial score (nSPS) is 12.2. The van der Waals surface area contributed by atoms with Crippen molar-refractivity contribution in [1.29, 1.82) is 0 Å². The van der Waals surface area contributed by atoms with Gasteiger partial charge in [-0.05, 0) is 53.4 Å². The number of esters is 1. The first kappa shape index (κ1) is 29.6. The van der Waals surface area contributed by atoms with Crippen molar-refractivity contribution in [3.8, 4) is 16.2 Å². The average Bonchev–Trinajstić information content (AvgIpc) is 3.43. The van der Waals surface area contributed by atoms with Crippen molar-refractivity contribution in [2.24, 2.45) is 0 Å². The highest BCUT2D eigenvalue weighted by molar-refractivity contribution is 7.17. The van der Waals surface area contributed by atoms with Crippen LogP contribution in [0, 0.1) is 0 Å². The van der Waals surface area contributed by atoms with Crippen LogP contribution >= 0.6 is 34.5 Å². The first-order valence-electron chi connectivity index (χ1n) is 12.2. The number of halogens is 5. The standard InChI is InChI=1S/C30H23Cl2F3O4S/c1-18(36)38-17-25(19-5-3-2-4-6-19)39-24-14-10-21(28(31)29(24)32)9-13-23(37)27-16-15-26(40-27)20-7-11-22(12-8-20)30(33,34)35/h2-8,10-12,14-16,25H,9,13,17H2,1H3. The van der Waals surface area contributed by atoms with Crippen molar-refractivity contribution in [2.45, 2.75) is 32.0 Å². The van der Waals surface area contributed by atoms with Gasteiger partial charge in [0, 0.05) is 18.2 Å². The van der Waals surface area contributed by atoms with Crippen molar-refractivity contribution < 1.29 is 32.2 Å². The summed E-state index contributed by atoms with van der Waals surface area (Å²) in [6.07, 6.45) is -4.54. The monoisotopic (exact) mass is 606 g/mol. The molecule has 1 unspecified atom stereocenters. The van der Waals surface area contributed by atoms with Gasteiger partial charge in [0.05, 0.1) is 15.5 Å². The highest BCUT2D eigenvalue weighted by atomic mass is 35.5. The molecule has 0 aliphatic carbocycles. The Bertz CT molecular complexity index is 1490. The molecule has 1 heterocycles. The van der Waals surface area contributed by atoms with Gasteiger partial charge in [0.2, 0.25) is 0 Å². The molecular weight excluding hydrogens is 584 g/mol. The van der Waals surface area contributed by atoms with Gasteiger partial charge in [-0.15, -0.1) is 11.3 Å². The molecule has 0 aliphatic heterocycles. The van der Waals surface area contributed by atoms with Crippen molar-refractivity contribution >= 4 is 46.3 Å². The van der Waals surface area contributed by atoms with Crippen LogP contribution in [0.1, 0.15) is 45.8 Å². The van der Waals surface area contributed by atoms with E-state index in [1.165, 1.54) is 30.4 Å². The molecule has 0 spiro atoms. The molecule has 40 heavy (non-hydrogen) atoms. The van der Waals surface area contributed by atoms with E-state index in [-0.39, 0.29) is 28.9 Å².